The molecule has 4 aromatic rings. The van der Waals surface area contributed by atoms with Crippen LogP contribution in [-0.4, -0.2) is 20.4 Å². The molecule has 124 valence electrons. The fourth-order valence-corrected chi connectivity index (χ4v) is 2.84. The molecule has 2 heterocycles. The Morgan fingerprint density at radius 2 is 1.44 bits per heavy atom. The Balaban J connectivity index is 1.42. The molecule has 0 atom stereocenters. The monoisotopic (exact) mass is 370 g/mol. The van der Waals surface area contributed by atoms with E-state index in [1.165, 1.54) is 11.8 Å². The van der Waals surface area contributed by atoms with Gasteiger partial charge in [0, 0.05) is 16.1 Å². The van der Waals surface area contributed by atoms with E-state index >= 15 is 0 Å². The third-order valence-electron chi connectivity index (χ3n) is 3.30. The largest absolute Gasteiger partial charge is 0.420 e. The Morgan fingerprint density at radius 1 is 0.760 bits per heavy atom. The maximum absolute atomic E-state index is 5.87. The van der Waals surface area contributed by atoms with Crippen LogP contribution in [0.2, 0.25) is 5.02 Å². The van der Waals surface area contributed by atoms with Gasteiger partial charge in [-0.3, -0.25) is 0 Å². The van der Waals surface area contributed by atoms with Crippen LogP contribution in [0.3, 0.4) is 0 Å². The van der Waals surface area contributed by atoms with Crippen LogP contribution in [0, 0.1) is 0 Å². The quantitative estimate of drug-likeness (QED) is 0.470. The van der Waals surface area contributed by atoms with Gasteiger partial charge in [0.05, 0.1) is 5.75 Å². The van der Waals surface area contributed by atoms with Crippen LogP contribution in [0.4, 0.5) is 0 Å². The van der Waals surface area contributed by atoms with Gasteiger partial charge in [0.25, 0.3) is 5.22 Å². The maximum atomic E-state index is 5.87. The summed E-state index contributed by atoms with van der Waals surface area (Å²) in [6, 6.07) is 16.8. The van der Waals surface area contributed by atoms with E-state index in [1.807, 2.05) is 42.5 Å². The molecule has 0 N–H and O–H groups in total. The Bertz CT molecular complexity index is 970. The lowest BCUT2D eigenvalue weighted by Crippen LogP contribution is -1.80. The number of nitrogens with zero attached hydrogens (tertiary/aromatic N) is 4. The SMILES string of the molecule is Clc1ccc(-c2nnc(CSc3nnc(-c4ccccc4)o3)o2)cc1. The van der Waals surface area contributed by atoms with Crippen molar-refractivity contribution < 1.29 is 8.83 Å². The molecular formula is C17H11ClN4O2S. The zero-order valence-corrected chi connectivity index (χ0v) is 14.4. The first-order valence-electron chi connectivity index (χ1n) is 7.38. The molecule has 0 amide bonds. The summed E-state index contributed by atoms with van der Waals surface area (Å²) in [5, 5.41) is 17.2. The highest BCUT2D eigenvalue weighted by molar-refractivity contribution is 7.98. The number of rotatable bonds is 5. The third-order valence-corrected chi connectivity index (χ3v) is 4.36. The molecule has 0 saturated heterocycles. The highest BCUT2D eigenvalue weighted by Gasteiger charge is 2.12. The minimum atomic E-state index is 0.441. The second kappa shape index (κ2) is 7.08. The molecule has 2 aromatic heterocycles. The lowest BCUT2D eigenvalue weighted by atomic mass is 10.2. The topological polar surface area (TPSA) is 77.8 Å². The van der Waals surface area contributed by atoms with Gasteiger partial charge in [0.2, 0.25) is 17.7 Å². The minimum absolute atomic E-state index is 0.441. The van der Waals surface area contributed by atoms with Gasteiger partial charge in [-0.05, 0) is 36.4 Å². The van der Waals surface area contributed by atoms with E-state index in [0.717, 1.165) is 11.1 Å². The molecule has 6 nitrogen and oxygen atoms in total. The van der Waals surface area contributed by atoms with Crippen LogP contribution < -0.4 is 0 Å². The van der Waals surface area contributed by atoms with Crippen LogP contribution in [0.15, 0.2) is 68.7 Å². The second-order valence-electron chi connectivity index (χ2n) is 5.04. The zero-order valence-electron chi connectivity index (χ0n) is 12.8. The Morgan fingerprint density at radius 3 is 2.24 bits per heavy atom. The van der Waals surface area contributed by atoms with Gasteiger partial charge in [-0.15, -0.1) is 20.4 Å². The highest BCUT2D eigenvalue weighted by atomic mass is 35.5. The van der Waals surface area contributed by atoms with E-state index in [4.69, 9.17) is 20.4 Å². The van der Waals surface area contributed by atoms with Gasteiger partial charge in [0.15, 0.2) is 0 Å². The summed E-state index contributed by atoms with van der Waals surface area (Å²) in [5.41, 5.74) is 1.70. The van der Waals surface area contributed by atoms with Gasteiger partial charge in [-0.25, -0.2) is 0 Å². The first kappa shape index (κ1) is 15.9. The second-order valence-corrected chi connectivity index (χ2v) is 6.40. The molecule has 0 radical (unpaired) electrons. The third kappa shape index (κ3) is 3.72. The number of benzene rings is 2. The number of hydrogen-bond acceptors (Lipinski definition) is 7. The molecule has 0 unspecified atom stereocenters. The molecule has 25 heavy (non-hydrogen) atoms. The molecule has 0 spiro atoms. The van der Waals surface area contributed by atoms with E-state index in [-0.39, 0.29) is 0 Å². The van der Waals surface area contributed by atoms with E-state index in [2.05, 4.69) is 20.4 Å². The van der Waals surface area contributed by atoms with E-state index in [9.17, 15) is 0 Å². The predicted octanol–water partition coefficient (Wildman–Crippen LogP) is 4.73. The number of thioether (sulfide) groups is 1. The fraction of sp³-hybridized carbons (Fsp3) is 0.0588. The van der Waals surface area contributed by atoms with Gasteiger partial charge < -0.3 is 8.83 Å². The van der Waals surface area contributed by atoms with Crippen molar-refractivity contribution in [2.45, 2.75) is 11.0 Å². The molecular weight excluding hydrogens is 360 g/mol. The molecule has 4 rings (SSSR count). The molecule has 2 aromatic carbocycles. The average Bonchev–Trinajstić information content (AvgIpc) is 3.31. The predicted molar refractivity (Wildman–Crippen MR) is 94.0 cm³/mol. The molecule has 0 fully saturated rings. The van der Waals surface area contributed by atoms with Crippen molar-refractivity contribution in [1.82, 2.24) is 20.4 Å². The van der Waals surface area contributed by atoms with Crippen molar-refractivity contribution in [3.63, 3.8) is 0 Å². The zero-order chi connectivity index (χ0) is 17.1. The van der Waals surface area contributed by atoms with Crippen molar-refractivity contribution in [3.05, 3.63) is 65.5 Å². The number of halogens is 1. The lowest BCUT2D eigenvalue weighted by molar-refractivity contribution is 0.464. The molecule has 0 aliphatic heterocycles. The summed E-state index contributed by atoms with van der Waals surface area (Å²) < 4.78 is 11.3. The van der Waals surface area contributed by atoms with E-state index in [1.54, 1.807) is 12.1 Å². The van der Waals surface area contributed by atoms with Gasteiger partial charge in [-0.1, -0.05) is 41.6 Å². The first-order chi connectivity index (χ1) is 12.3. The van der Waals surface area contributed by atoms with Gasteiger partial charge >= 0.3 is 0 Å². The Kier molecular flexibility index (Phi) is 4.49. The summed E-state index contributed by atoms with van der Waals surface area (Å²) in [7, 11) is 0. The Hall–Kier alpha value is -2.64. The van der Waals surface area contributed by atoms with Crippen molar-refractivity contribution in [3.8, 4) is 22.9 Å². The van der Waals surface area contributed by atoms with Crippen molar-refractivity contribution in [2.75, 3.05) is 0 Å². The Labute approximate surface area is 152 Å². The highest BCUT2D eigenvalue weighted by Crippen LogP contribution is 2.26. The van der Waals surface area contributed by atoms with Gasteiger partial charge in [0.1, 0.15) is 0 Å². The van der Waals surface area contributed by atoms with E-state index < -0.39 is 0 Å². The summed E-state index contributed by atoms with van der Waals surface area (Å²) in [5.74, 6) is 1.85. The smallest absolute Gasteiger partial charge is 0.277 e. The van der Waals surface area contributed by atoms with Crippen molar-refractivity contribution in [1.29, 1.82) is 0 Å². The van der Waals surface area contributed by atoms with Crippen LogP contribution in [-0.2, 0) is 5.75 Å². The molecule has 0 bridgehead atoms. The minimum Gasteiger partial charge on any atom is -0.420 e. The van der Waals surface area contributed by atoms with Crippen molar-refractivity contribution >= 4 is 23.4 Å². The van der Waals surface area contributed by atoms with Crippen LogP contribution in [0.1, 0.15) is 5.89 Å². The summed E-state index contributed by atoms with van der Waals surface area (Å²) >= 11 is 7.22. The van der Waals surface area contributed by atoms with Crippen LogP contribution in [0.25, 0.3) is 22.9 Å². The van der Waals surface area contributed by atoms with Crippen LogP contribution in [0.5, 0.6) is 0 Å². The fourth-order valence-electron chi connectivity index (χ4n) is 2.11. The lowest BCUT2D eigenvalue weighted by Gasteiger charge is -1.94. The van der Waals surface area contributed by atoms with E-state index in [0.29, 0.717) is 33.7 Å². The average molecular weight is 371 g/mol. The molecule has 0 saturated carbocycles. The molecule has 0 aliphatic rings. The molecule has 0 aliphatic carbocycles. The summed E-state index contributed by atoms with van der Waals surface area (Å²) in [6.07, 6.45) is 0. The maximum Gasteiger partial charge on any atom is 0.277 e. The number of aromatic nitrogens is 4. The number of hydrogen-bond donors (Lipinski definition) is 0. The standard InChI is InChI=1S/C17H11ClN4O2S/c18-13-8-6-12(7-9-13)15-20-19-14(23-15)10-25-17-22-21-16(24-17)11-4-2-1-3-5-11/h1-9H,10H2. The first-order valence-corrected chi connectivity index (χ1v) is 8.74. The van der Waals surface area contributed by atoms with Crippen molar-refractivity contribution in [2.24, 2.45) is 0 Å². The van der Waals surface area contributed by atoms with Crippen LogP contribution >= 0.6 is 23.4 Å². The van der Waals surface area contributed by atoms with Gasteiger partial charge in [-0.2, -0.15) is 0 Å². The molecule has 8 heteroatoms. The summed E-state index contributed by atoms with van der Waals surface area (Å²) in [6.45, 7) is 0. The normalized spacial score (nSPS) is 10.9. The summed E-state index contributed by atoms with van der Waals surface area (Å²) in [4.78, 5) is 0.